The summed E-state index contributed by atoms with van der Waals surface area (Å²) in [6.07, 6.45) is 1.94. The SMILES string of the molecule is Cc1ccc2c(c1)N(C(=O)C(=O)NC[C@H]1CCC(=O)N1)CC2. The van der Waals surface area contributed by atoms with Gasteiger partial charge in [0.1, 0.15) is 0 Å². The van der Waals surface area contributed by atoms with Gasteiger partial charge in [-0.05, 0) is 37.0 Å². The van der Waals surface area contributed by atoms with Gasteiger partial charge in [0.15, 0.2) is 0 Å². The fourth-order valence-corrected chi connectivity index (χ4v) is 2.94. The molecule has 3 amide bonds. The lowest BCUT2D eigenvalue weighted by atomic mass is 10.1. The second kappa shape index (κ2) is 5.79. The molecule has 0 bridgehead atoms. The van der Waals surface area contributed by atoms with E-state index in [0.29, 0.717) is 25.9 Å². The minimum Gasteiger partial charge on any atom is -0.352 e. The molecule has 0 radical (unpaired) electrons. The maximum atomic E-state index is 12.3. The van der Waals surface area contributed by atoms with Crippen LogP contribution in [0.3, 0.4) is 0 Å². The predicted octanol–water partition coefficient (Wildman–Crippen LogP) is 0.279. The van der Waals surface area contributed by atoms with Gasteiger partial charge in [0, 0.05) is 31.2 Å². The van der Waals surface area contributed by atoms with Crippen molar-refractivity contribution in [3.8, 4) is 0 Å². The third-order valence-electron chi connectivity index (χ3n) is 4.17. The summed E-state index contributed by atoms with van der Waals surface area (Å²) in [5, 5.41) is 5.38. The number of nitrogens with zero attached hydrogens (tertiary/aromatic N) is 1. The van der Waals surface area contributed by atoms with Crippen LogP contribution in [0.25, 0.3) is 0 Å². The van der Waals surface area contributed by atoms with Gasteiger partial charge >= 0.3 is 11.8 Å². The lowest BCUT2D eigenvalue weighted by Crippen LogP contribution is -2.46. The van der Waals surface area contributed by atoms with Gasteiger partial charge in [0.25, 0.3) is 0 Å². The van der Waals surface area contributed by atoms with Crippen molar-refractivity contribution in [2.24, 2.45) is 0 Å². The van der Waals surface area contributed by atoms with E-state index in [1.54, 1.807) is 0 Å². The first-order valence-electron chi connectivity index (χ1n) is 7.53. The topological polar surface area (TPSA) is 78.5 Å². The average molecular weight is 301 g/mol. The zero-order valence-corrected chi connectivity index (χ0v) is 12.5. The second-order valence-corrected chi connectivity index (χ2v) is 5.85. The Morgan fingerprint density at radius 1 is 1.36 bits per heavy atom. The summed E-state index contributed by atoms with van der Waals surface area (Å²) in [6, 6.07) is 5.88. The lowest BCUT2D eigenvalue weighted by molar-refractivity contribution is -0.137. The lowest BCUT2D eigenvalue weighted by Gasteiger charge is -2.18. The van der Waals surface area contributed by atoms with Crippen molar-refractivity contribution in [2.45, 2.75) is 32.2 Å². The van der Waals surface area contributed by atoms with Gasteiger partial charge in [0.05, 0.1) is 0 Å². The average Bonchev–Trinajstić information content (AvgIpc) is 3.09. The number of anilines is 1. The molecule has 6 heteroatoms. The first-order chi connectivity index (χ1) is 10.5. The van der Waals surface area contributed by atoms with Gasteiger partial charge in [-0.1, -0.05) is 12.1 Å². The molecule has 1 saturated heterocycles. The van der Waals surface area contributed by atoms with Crippen LogP contribution in [-0.2, 0) is 20.8 Å². The molecule has 1 fully saturated rings. The molecule has 1 aromatic carbocycles. The van der Waals surface area contributed by atoms with E-state index in [0.717, 1.165) is 23.2 Å². The molecule has 0 spiro atoms. The molecule has 0 aliphatic carbocycles. The number of hydrogen-bond acceptors (Lipinski definition) is 3. The van der Waals surface area contributed by atoms with Crippen molar-refractivity contribution < 1.29 is 14.4 Å². The largest absolute Gasteiger partial charge is 0.352 e. The number of carbonyl (C=O) groups excluding carboxylic acids is 3. The maximum absolute atomic E-state index is 12.3. The summed E-state index contributed by atoms with van der Waals surface area (Å²) in [6.45, 7) is 2.79. The number of rotatable bonds is 2. The molecule has 2 heterocycles. The number of aryl methyl sites for hydroxylation is 1. The molecule has 22 heavy (non-hydrogen) atoms. The normalized spacial score (nSPS) is 19.8. The van der Waals surface area contributed by atoms with Crippen LogP contribution >= 0.6 is 0 Å². The van der Waals surface area contributed by atoms with Gasteiger partial charge in [-0.25, -0.2) is 0 Å². The van der Waals surface area contributed by atoms with E-state index in [4.69, 9.17) is 0 Å². The molecule has 0 unspecified atom stereocenters. The van der Waals surface area contributed by atoms with Crippen molar-refractivity contribution in [3.63, 3.8) is 0 Å². The zero-order valence-electron chi connectivity index (χ0n) is 12.5. The summed E-state index contributed by atoms with van der Waals surface area (Å²) < 4.78 is 0. The molecule has 2 aliphatic heterocycles. The first kappa shape index (κ1) is 14.6. The van der Waals surface area contributed by atoms with E-state index < -0.39 is 11.8 Å². The predicted molar refractivity (Wildman–Crippen MR) is 81.4 cm³/mol. The number of carbonyl (C=O) groups is 3. The highest BCUT2D eigenvalue weighted by atomic mass is 16.2. The van der Waals surface area contributed by atoms with Gasteiger partial charge in [0.2, 0.25) is 5.91 Å². The summed E-state index contributed by atoms with van der Waals surface area (Å²) in [5.41, 5.74) is 2.98. The Morgan fingerprint density at radius 3 is 2.91 bits per heavy atom. The van der Waals surface area contributed by atoms with E-state index in [-0.39, 0.29) is 11.9 Å². The highest BCUT2D eigenvalue weighted by molar-refractivity contribution is 6.40. The molecule has 6 nitrogen and oxygen atoms in total. The monoisotopic (exact) mass is 301 g/mol. The third kappa shape index (κ3) is 2.81. The van der Waals surface area contributed by atoms with Gasteiger partial charge in [-0.2, -0.15) is 0 Å². The molecule has 2 aliphatic rings. The van der Waals surface area contributed by atoms with Crippen LogP contribution < -0.4 is 15.5 Å². The molecule has 0 saturated carbocycles. The number of fused-ring (bicyclic) bond motifs is 1. The van der Waals surface area contributed by atoms with E-state index in [9.17, 15) is 14.4 Å². The number of hydrogen-bond donors (Lipinski definition) is 2. The van der Waals surface area contributed by atoms with Crippen molar-refractivity contribution in [1.82, 2.24) is 10.6 Å². The molecular formula is C16H19N3O3. The molecule has 1 aromatic rings. The Labute approximate surface area is 128 Å². The van der Waals surface area contributed by atoms with E-state index in [1.807, 2.05) is 25.1 Å². The number of nitrogens with one attached hydrogen (secondary N) is 2. The molecule has 2 N–H and O–H groups in total. The molecule has 1 atom stereocenters. The van der Waals surface area contributed by atoms with Crippen molar-refractivity contribution in [2.75, 3.05) is 18.0 Å². The van der Waals surface area contributed by atoms with Gasteiger partial charge in [-0.3, -0.25) is 14.4 Å². The van der Waals surface area contributed by atoms with Crippen LogP contribution in [0.15, 0.2) is 18.2 Å². The van der Waals surface area contributed by atoms with Crippen LogP contribution in [0.2, 0.25) is 0 Å². The number of benzene rings is 1. The van der Waals surface area contributed by atoms with Crippen LogP contribution in [0.1, 0.15) is 24.0 Å². The van der Waals surface area contributed by atoms with Crippen LogP contribution in [-0.4, -0.2) is 36.9 Å². The van der Waals surface area contributed by atoms with Crippen molar-refractivity contribution in [1.29, 1.82) is 0 Å². The second-order valence-electron chi connectivity index (χ2n) is 5.85. The zero-order chi connectivity index (χ0) is 15.7. The number of amides is 3. The van der Waals surface area contributed by atoms with E-state index in [2.05, 4.69) is 10.6 Å². The van der Waals surface area contributed by atoms with E-state index in [1.165, 1.54) is 4.90 Å². The van der Waals surface area contributed by atoms with Gasteiger partial charge in [-0.15, -0.1) is 0 Å². The van der Waals surface area contributed by atoms with Crippen LogP contribution in [0.4, 0.5) is 5.69 Å². The van der Waals surface area contributed by atoms with Gasteiger partial charge < -0.3 is 15.5 Å². The molecule has 3 rings (SSSR count). The molecule has 0 aromatic heterocycles. The maximum Gasteiger partial charge on any atom is 0.316 e. The Balaban J connectivity index is 1.61. The molecular weight excluding hydrogens is 282 g/mol. The summed E-state index contributed by atoms with van der Waals surface area (Å²) in [5.74, 6) is -1.15. The summed E-state index contributed by atoms with van der Waals surface area (Å²) in [7, 11) is 0. The van der Waals surface area contributed by atoms with Crippen molar-refractivity contribution >= 4 is 23.4 Å². The highest BCUT2D eigenvalue weighted by Crippen LogP contribution is 2.28. The quantitative estimate of drug-likeness (QED) is 0.770. The Kier molecular flexibility index (Phi) is 3.83. The Morgan fingerprint density at radius 2 is 2.18 bits per heavy atom. The Bertz CT molecular complexity index is 642. The van der Waals surface area contributed by atoms with Crippen molar-refractivity contribution in [3.05, 3.63) is 29.3 Å². The van der Waals surface area contributed by atoms with Crippen LogP contribution in [0, 0.1) is 6.92 Å². The minimum absolute atomic E-state index is 0.00507. The standard InChI is InChI=1S/C16H19N3O3/c1-10-2-3-11-6-7-19(13(11)8-10)16(22)15(21)17-9-12-4-5-14(20)18-12/h2-3,8,12H,4-7,9H2,1H3,(H,17,21)(H,18,20)/t12-/m1/s1. The highest BCUT2D eigenvalue weighted by Gasteiger charge is 2.30. The fourth-order valence-electron chi connectivity index (χ4n) is 2.94. The smallest absolute Gasteiger partial charge is 0.316 e. The Hall–Kier alpha value is -2.37. The molecule has 116 valence electrons. The first-order valence-corrected chi connectivity index (χ1v) is 7.53. The van der Waals surface area contributed by atoms with Crippen LogP contribution in [0.5, 0.6) is 0 Å². The third-order valence-corrected chi connectivity index (χ3v) is 4.17. The fraction of sp³-hybridized carbons (Fsp3) is 0.438. The summed E-state index contributed by atoms with van der Waals surface area (Å²) in [4.78, 5) is 37.0. The minimum atomic E-state index is -0.615. The van der Waals surface area contributed by atoms with E-state index >= 15 is 0 Å². The summed E-state index contributed by atoms with van der Waals surface area (Å²) >= 11 is 0.